The fraction of sp³-hybridized carbons (Fsp3) is 0.321. The Morgan fingerprint density at radius 1 is 1.22 bits per heavy atom. The molecule has 0 saturated carbocycles. The number of hydrogen-bond acceptors (Lipinski definition) is 11. The fourth-order valence-corrected chi connectivity index (χ4v) is 5.17. The van der Waals surface area contributed by atoms with Gasteiger partial charge in [0.05, 0.1) is 31.4 Å². The summed E-state index contributed by atoms with van der Waals surface area (Å²) < 4.78 is 24.6. The molecular formula is C28H35N5O5S3. The minimum absolute atomic E-state index is 0. The van der Waals surface area contributed by atoms with E-state index in [2.05, 4.69) is 28.4 Å². The Labute approximate surface area is 254 Å². The van der Waals surface area contributed by atoms with Crippen molar-refractivity contribution in [2.45, 2.75) is 46.7 Å². The number of methoxy groups -OCH3 is 1. The maximum Gasteiger partial charge on any atom is 0.420 e. The predicted molar refractivity (Wildman–Crippen MR) is 171 cm³/mol. The van der Waals surface area contributed by atoms with Gasteiger partial charge >= 0.3 is 5.76 Å². The molecule has 2 heterocycles. The molecular weight excluding hydrogens is 583 g/mol. The molecule has 0 unspecified atom stereocenters. The standard InChI is InChI=1S/C26H27N5O5S2.C2H6.H2S/c1-17-6-4-5-7-18(17)14-30-22-11-9-20(12-24(22)35-26(30)33)29(2)38-36-31(25-27-16-28-37-25)15-19-8-10-21(32)13-23(19)34-3;1-2;/h5,7-13,16,32H,4,6,14-15H2,1-3H3;1-2H3;1H2. The van der Waals surface area contributed by atoms with Gasteiger partial charge in [-0.15, -0.1) is 0 Å². The van der Waals surface area contributed by atoms with Crippen LogP contribution in [0.4, 0.5) is 10.8 Å². The number of oxazole rings is 1. The largest absolute Gasteiger partial charge is 0.508 e. The topological polar surface area (TPSA) is 106 Å². The lowest BCUT2D eigenvalue weighted by Crippen LogP contribution is -2.23. The second-order valence-corrected chi connectivity index (χ2v) is 10.4. The number of aromatic nitrogens is 3. The van der Waals surface area contributed by atoms with Crippen LogP contribution in [-0.2, 0) is 17.4 Å². The summed E-state index contributed by atoms with van der Waals surface area (Å²) in [6, 6.07) is 10.5. The molecule has 4 aromatic rings. The number of nitrogens with zero attached hydrogens (tertiary/aromatic N) is 5. The quantitative estimate of drug-likeness (QED) is 0.119. The average molecular weight is 618 g/mol. The summed E-state index contributed by atoms with van der Waals surface area (Å²) in [6.07, 6.45) is 7.74. The third-order valence-corrected chi connectivity index (χ3v) is 7.63. The second-order valence-electron chi connectivity index (χ2n) is 8.76. The number of allylic oxidation sites excluding steroid dienone is 4. The van der Waals surface area contributed by atoms with Gasteiger partial charge in [0.2, 0.25) is 5.13 Å². The molecule has 0 spiro atoms. The normalized spacial score (nSPS) is 12.5. The number of phenolic OH excluding ortho intramolecular Hbond substituents is 1. The van der Waals surface area contributed by atoms with E-state index in [0.29, 0.717) is 29.6 Å². The zero-order valence-corrected chi connectivity index (χ0v) is 26.3. The average Bonchev–Trinajstić information content (AvgIpc) is 3.61. The van der Waals surface area contributed by atoms with E-state index in [0.717, 1.165) is 47.4 Å². The number of fused-ring (bicyclic) bond motifs is 1. The van der Waals surface area contributed by atoms with Crippen LogP contribution in [0.1, 0.15) is 39.2 Å². The summed E-state index contributed by atoms with van der Waals surface area (Å²) >= 11 is 2.28. The van der Waals surface area contributed by atoms with Gasteiger partial charge in [0, 0.05) is 36.3 Å². The van der Waals surface area contributed by atoms with E-state index in [-0.39, 0.29) is 25.0 Å². The van der Waals surface area contributed by atoms with E-state index in [1.807, 2.05) is 43.4 Å². The molecule has 1 aliphatic rings. The van der Waals surface area contributed by atoms with E-state index in [1.54, 1.807) is 34.9 Å². The molecule has 0 bridgehead atoms. The van der Waals surface area contributed by atoms with Crippen molar-refractivity contribution in [3.8, 4) is 11.5 Å². The first kappa shape index (κ1) is 32.1. The van der Waals surface area contributed by atoms with Crippen LogP contribution >= 0.6 is 37.3 Å². The number of ether oxygens (including phenoxy) is 1. The SMILES string of the molecule is CC.COc1cc(O)ccc1CN(OSN(C)c1ccc2c(c1)oc(=O)n2CC1=C(C)CCC=C1)c1ncns1.S. The van der Waals surface area contributed by atoms with Crippen LogP contribution < -0.4 is 19.9 Å². The highest BCUT2D eigenvalue weighted by Gasteiger charge is 2.19. The molecule has 0 atom stereocenters. The number of aromatic hydroxyl groups is 1. The van der Waals surface area contributed by atoms with Gasteiger partial charge in [-0.1, -0.05) is 31.6 Å². The van der Waals surface area contributed by atoms with Gasteiger partial charge < -0.3 is 14.3 Å². The highest BCUT2D eigenvalue weighted by Crippen LogP contribution is 2.32. The second kappa shape index (κ2) is 15.0. The summed E-state index contributed by atoms with van der Waals surface area (Å²) in [7, 11) is 3.39. The van der Waals surface area contributed by atoms with Gasteiger partial charge in [-0.25, -0.2) is 14.8 Å². The Morgan fingerprint density at radius 2 is 2.02 bits per heavy atom. The molecule has 5 rings (SSSR count). The Morgan fingerprint density at radius 3 is 2.73 bits per heavy atom. The van der Waals surface area contributed by atoms with Crippen molar-refractivity contribution < 1.29 is 18.5 Å². The first-order chi connectivity index (χ1) is 19.4. The van der Waals surface area contributed by atoms with Gasteiger partial charge in [0.15, 0.2) is 5.58 Å². The van der Waals surface area contributed by atoms with Crippen molar-refractivity contribution >= 4 is 59.2 Å². The first-order valence-electron chi connectivity index (χ1n) is 12.9. The van der Waals surface area contributed by atoms with Crippen molar-refractivity contribution in [1.29, 1.82) is 0 Å². The van der Waals surface area contributed by atoms with Gasteiger partial charge in [-0.05, 0) is 49.6 Å². The third kappa shape index (κ3) is 7.67. The lowest BCUT2D eigenvalue weighted by molar-refractivity contribution is 0.318. The van der Waals surface area contributed by atoms with Crippen LogP contribution in [0, 0.1) is 0 Å². The monoisotopic (exact) mass is 617 g/mol. The van der Waals surface area contributed by atoms with Crippen molar-refractivity contribution in [2.24, 2.45) is 0 Å². The van der Waals surface area contributed by atoms with Gasteiger partial charge in [-0.2, -0.15) is 22.2 Å². The van der Waals surface area contributed by atoms with Crippen LogP contribution in [-0.4, -0.2) is 33.2 Å². The molecule has 1 aliphatic carbocycles. The molecule has 2 aromatic heterocycles. The fourth-order valence-electron chi connectivity index (χ4n) is 4.14. The van der Waals surface area contributed by atoms with E-state index >= 15 is 0 Å². The van der Waals surface area contributed by atoms with E-state index < -0.39 is 0 Å². The van der Waals surface area contributed by atoms with E-state index in [1.165, 1.54) is 23.4 Å². The summed E-state index contributed by atoms with van der Waals surface area (Å²) in [5.41, 5.74) is 5.28. The molecule has 0 amide bonds. The Hall–Kier alpha value is -3.39. The minimum Gasteiger partial charge on any atom is -0.508 e. The summed E-state index contributed by atoms with van der Waals surface area (Å²) in [5.74, 6) is 0.260. The van der Waals surface area contributed by atoms with Gasteiger partial charge in [0.1, 0.15) is 30.1 Å². The smallest absolute Gasteiger partial charge is 0.420 e. The maximum absolute atomic E-state index is 12.7. The number of anilines is 2. The van der Waals surface area contributed by atoms with Crippen LogP contribution in [0.5, 0.6) is 11.5 Å². The lowest BCUT2D eigenvalue weighted by Gasteiger charge is -2.24. The molecule has 13 heteroatoms. The molecule has 1 N–H and O–H groups in total. The van der Waals surface area contributed by atoms with E-state index in [4.69, 9.17) is 13.4 Å². The predicted octanol–water partition coefficient (Wildman–Crippen LogP) is 6.60. The number of hydrogen-bond donors (Lipinski definition) is 1. The Kier molecular flexibility index (Phi) is 11.8. The zero-order valence-electron chi connectivity index (χ0n) is 23.7. The molecule has 220 valence electrons. The molecule has 41 heavy (non-hydrogen) atoms. The number of rotatable bonds is 10. The molecule has 0 saturated heterocycles. The lowest BCUT2D eigenvalue weighted by atomic mass is 9.99. The molecule has 0 aliphatic heterocycles. The zero-order chi connectivity index (χ0) is 28.6. The van der Waals surface area contributed by atoms with E-state index in [9.17, 15) is 9.90 Å². The van der Waals surface area contributed by atoms with Crippen molar-refractivity contribution in [1.82, 2.24) is 13.9 Å². The van der Waals surface area contributed by atoms with Crippen molar-refractivity contribution in [3.63, 3.8) is 0 Å². The summed E-state index contributed by atoms with van der Waals surface area (Å²) in [5, 5.41) is 11.9. The third-order valence-electron chi connectivity index (χ3n) is 6.28. The van der Waals surface area contributed by atoms with Crippen LogP contribution in [0.15, 0.2) is 75.2 Å². The number of benzene rings is 2. The molecule has 10 nitrogen and oxygen atoms in total. The minimum atomic E-state index is -0.381. The van der Waals surface area contributed by atoms with Gasteiger partial charge in [0.25, 0.3) is 0 Å². The number of phenols is 1. The summed E-state index contributed by atoms with van der Waals surface area (Å²) in [4.78, 5) is 16.9. The van der Waals surface area contributed by atoms with Crippen molar-refractivity contribution in [3.05, 3.63) is 82.1 Å². The van der Waals surface area contributed by atoms with Gasteiger partial charge in [-0.3, -0.25) is 8.87 Å². The molecule has 0 radical (unpaired) electrons. The highest BCUT2D eigenvalue weighted by molar-refractivity contribution is 7.96. The Balaban J connectivity index is 0.00000151. The van der Waals surface area contributed by atoms with Crippen molar-refractivity contribution in [2.75, 3.05) is 23.5 Å². The van der Waals surface area contributed by atoms with Crippen LogP contribution in [0.25, 0.3) is 11.1 Å². The molecule has 2 aromatic carbocycles. The molecule has 0 fully saturated rings. The highest BCUT2D eigenvalue weighted by atomic mass is 32.2. The number of hydroxylamine groups is 1. The Bertz CT molecular complexity index is 1550. The first-order valence-corrected chi connectivity index (χ1v) is 14.4. The maximum atomic E-state index is 12.7. The summed E-state index contributed by atoms with van der Waals surface area (Å²) in [6.45, 7) is 6.90. The van der Waals surface area contributed by atoms with Crippen LogP contribution in [0.2, 0.25) is 0 Å². The van der Waals surface area contributed by atoms with Crippen LogP contribution in [0.3, 0.4) is 0 Å².